The summed E-state index contributed by atoms with van der Waals surface area (Å²) >= 11 is 0. The molecule has 1 aliphatic rings. The molecule has 0 aromatic heterocycles. The average molecular weight is 376 g/mol. The van der Waals surface area contributed by atoms with E-state index in [1.165, 1.54) is 0 Å². The van der Waals surface area contributed by atoms with Gasteiger partial charge in [0.2, 0.25) is 0 Å². The number of alkyl halides is 2. The SMILES string of the molecule is CCOc1cc([C@@H](C(F)F)N2CCNCC2)ccc1OCc1ccccc1. The molecule has 1 aliphatic heterocycles. The van der Waals surface area contributed by atoms with Gasteiger partial charge < -0.3 is 14.8 Å². The number of nitrogens with one attached hydrogen (secondary N) is 1. The summed E-state index contributed by atoms with van der Waals surface area (Å²) in [5, 5.41) is 3.20. The third kappa shape index (κ3) is 5.17. The van der Waals surface area contributed by atoms with E-state index in [4.69, 9.17) is 9.47 Å². The zero-order valence-corrected chi connectivity index (χ0v) is 15.5. The van der Waals surface area contributed by atoms with Crippen LogP contribution in [0.15, 0.2) is 48.5 Å². The molecule has 4 nitrogen and oxygen atoms in total. The molecule has 6 heteroatoms. The van der Waals surface area contributed by atoms with Crippen LogP contribution < -0.4 is 14.8 Å². The summed E-state index contributed by atoms with van der Waals surface area (Å²) in [4.78, 5) is 1.83. The Morgan fingerprint density at radius 1 is 1.00 bits per heavy atom. The first kappa shape index (κ1) is 19.6. The summed E-state index contributed by atoms with van der Waals surface area (Å²) in [6.07, 6.45) is -2.46. The van der Waals surface area contributed by atoms with E-state index in [0.29, 0.717) is 43.4 Å². The second-order valence-electron chi connectivity index (χ2n) is 6.48. The number of piperazine rings is 1. The van der Waals surface area contributed by atoms with Crippen molar-refractivity contribution in [3.05, 3.63) is 59.7 Å². The molecule has 3 rings (SSSR count). The smallest absolute Gasteiger partial charge is 0.258 e. The fraction of sp³-hybridized carbons (Fsp3) is 0.429. The Labute approximate surface area is 159 Å². The minimum atomic E-state index is -2.46. The van der Waals surface area contributed by atoms with Crippen molar-refractivity contribution >= 4 is 0 Å². The second kappa shape index (κ2) is 9.67. The molecule has 146 valence electrons. The standard InChI is InChI=1S/C21H26F2N2O2/c1-2-26-19-14-17(20(21(22)23)25-12-10-24-11-13-25)8-9-18(19)27-15-16-6-4-3-5-7-16/h3-9,14,20-21,24H,2,10-13,15H2,1H3/t20-/m0/s1. The monoisotopic (exact) mass is 376 g/mol. The van der Waals surface area contributed by atoms with Gasteiger partial charge in [-0.1, -0.05) is 36.4 Å². The quantitative estimate of drug-likeness (QED) is 0.758. The normalized spacial score (nSPS) is 16.3. The fourth-order valence-electron chi connectivity index (χ4n) is 3.31. The van der Waals surface area contributed by atoms with Gasteiger partial charge in [-0.3, -0.25) is 4.90 Å². The molecule has 1 N–H and O–H groups in total. The van der Waals surface area contributed by atoms with E-state index < -0.39 is 12.5 Å². The molecule has 1 saturated heterocycles. The first-order valence-electron chi connectivity index (χ1n) is 9.35. The Balaban J connectivity index is 1.80. The lowest BCUT2D eigenvalue weighted by molar-refractivity contribution is 0.0180. The van der Waals surface area contributed by atoms with E-state index in [2.05, 4.69) is 5.32 Å². The largest absolute Gasteiger partial charge is 0.490 e. The van der Waals surface area contributed by atoms with Crippen molar-refractivity contribution in [1.29, 1.82) is 0 Å². The minimum Gasteiger partial charge on any atom is -0.490 e. The molecule has 0 bridgehead atoms. The van der Waals surface area contributed by atoms with Crippen LogP contribution in [-0.4, -0.2) is 44.1 Å². The summed E-state index contributed by atoms with van der Waals surface area (Å²) in [7, 11) is 0. The van der Waals surface area contributed by atoms with E-state index in [9.17, 15) is 8.78 Å². The Kier molecular flexibility index (Phi) is 7.01. The number of rotatable bonds is 8. The lowest BCUT2D eigenvalue weighted by Gasteiger charge is -2.34. The number of ether oxygens (including phenoxy) is 2. The van der Waals surface area contributed by atoms with Gasteiger partial charge in [-0.2, -0.15) is 0 Å². The topological polar surface area (TPSA) is 33.7 Å². The molecule has 0 saturated carbocycles. The number of halogens is 2. The molecular weight excluding hydrogens is 350 g/mol. The van der Waals surface area contributed by atoms with Crippen molar-refractivity contribution in [2.45, 2.75) is 26.0 Å². The predicted octanol–water partition coefficient (Wildman–Crippen LogP) is 3.88. The summed E-state index contributed by atoms with van der Waals surface area (Å²) in [6.45, 7) is 5.36. The van der Waals surface area contributed by atoms with Gasteiger partial charge in [-0.25, -0.2) is 8.78 Å². The lowest BCUT2D eigenvalue weighted by Crippen LogP contribution is -2.46. The van der Waals surface area contributed by atoms with Crippen molar-refractivity contribution in [2.24, 2.45) is 0 Å². The van der Waals surface area contributed by atoms with Crippen molar-refractivity contribution in [1.82, 2.24) is 10.2 Å². The number of benzene rings is 2. The van der Waals surface area contributed by atoms with Gasteiger partial charge in [-0.05, 0) is 30.2 Å². The molecular formula is C21H26F2N2O2. The second-order valence-corrected chi connectivity index (χ2v) is 6.48. The third-order valence-electron chi connectivity index (χ3n) is 4.63. The van der Waals surface area contributed by atoms with Crippen molar-refractivity contribution in [3.63, 3.8) is 0 Å². The van der Waals surface area contributed by atoms with Crippen LogP contribution >= 0.6 is 0 Å². The van der Waals surface area contributed by atoms with Crippen LogP contribution in [0.25, 0.3) is 0 Å². The highest BCUT2D eigenvalue weighted by Gasteiger charge is 2.30. The first-order chi connectivity index (χ1) is 13.2. The highest BCUT2D eigenvalue weighted by molar-refractivity contribution is 5.44. The maximum atomic E-state index is 13.8. The van der Waals surface area contributed by atoms with Gasteiger partial charge >= 0.3 is 0 Å². The van der Waals surface area contributed by atoms with Gasteiger partial charge in [0.1, 0.15) is 6.61 Å². The Morgan fingerprint density at radius 3 is 2.41 bits per heavy atom. The molecule has 0 unspecified atom stereocenters. The van der Waals surface area contributed by atoms with Crippen LogP contribution in [0, 0.1) is 0 Å². The molecule has 0 aliphatic carbocycles. The molecule has 2 aromatic rings. The molecule has 1 fully saturated rings. The lowest BCUT2D eigenvalue weighted by atomic mass is 10.0. The van der Waals surface area contributed by atoms with Crippen LogP contribution in [0.1, 0.15) is 24.1 Å². The maximum absolute atomic E-state index is 13.8. The van der Waals surface area contributed by atoms with Crippen molar-refractivity contribution in [2.75, 3.05) is 32.8 Å². The first-order valence-corrected chi connectivity index (χ1v) is 9.35. The van der Waals surface area contributed by atoms with E-state index in [0.717, 1.165) is 18.7 Å². The van der Waals surface area contributed by atoms with Crippen molar-refractivity contribution in [3.8, 4) is 11.5 Å². The number of hydrogen-bond donors (Lipinski definition) is 1. The van der Waals surface area contributed by atoms with Crippen LogP contribution in [0.5, 0.6) is 11.5 Å². The van der Waals surface area contributed by atoms with E-state index >= 15 is 0 Å². The molecule has 1 atom stereocenters. The van der Waals surface area contributed by atoms with Crippen LogP contribution in [0.3, 0.4) is 0 Å². The molecule has 0 radical (unpaired) electrons. The molecule has 2 aromatic carbocycles. The van der Waals surface area contributed by atoms with Crippen LogP contribution in [0.4, 0.5) is 8.78 Å². The zero-order valence-electron chi connectivity index (χ0n) is 15.5. The Bertz CT molecular complexity index is 707. The van der Waals surface area contributed by atoms with Gasteiger partial charge in [0.05, 0.1) is 12.6 Å². The number of nitrogens with zero attached hydrogens (tertiary/aromatic N) is 1. The van der Waals surface area contributed by atoms with E-state index in [1.54, 1.807) is 18.2 Å². The molecule has 0 spiro atoms. The fourth-order valence-corrected chi connectivity index (χ4v) is 3.31. The third-order valence-corrected chi connectivity index (χ3v) is 4.63. The van der Waals surface area contributed by atoms with Gasteiger partial charge in [0.15, 0.2) is 11.5 Å². The van der Waals surface area contributed by atoms with Crippen LogP contribution in [-0.2, 0) is 6.61 Å². The Hall–Kier alpha value is -2.18. The summed E-state index contributed by atoms with van der Waals surface area (Å²) in [6, 6.07) is 14.0. The molecule has 0 amide bonds. The van der Waals surface area contributed by atoms with Gasteiger partial charge in [0, 0.05) is 26.2 Å². The van der Waals surface area contributed by atoms with Crippen molar-refractivity contribution < 1.29 is 18.3 Å². The maximum Gasteiger partial charge on any atom is 0.258 e. The summed E-state index contributed by atoms with van der Waals surface area (Å²) in [5.74, 6) is 1.07. The Morgan fingerprint density at radius 2 is 1.74 bits per heavy atom. The average Bonchev–Trinajstić information content (AvgIpc) is 2.69. The van der Waals surface area contributed by atoms with Gasteiger partial charge in [0.25, 0.3) is 6.43 Å². The highest BCUT2D eigenvalue weighted by Crippen LogP contribution is 2.35. The highest BCUT2D eigenvalue weighted by atomic mass is 19.3. The van der Waals surface area contributed by atoms with Gasteiger partial charge in [-0.15, -0.1) is 0 Å². The molecule has 1 heterocycles. The van der Waals surface area contributed by atoms with E-state index in [1.807, 2.05) is 42.2 Å². The molecule has 27 heavy (non-hydrogen) atoms. The summed E-state index contributed by atoms with van der Waals surface area (Å²) in [5.41, 5.74) is 1.60. The minimum absolute atomic E-state index is 0.399. The zero-order chi connectivity index (χ0) is 19.1. The number of hydrogen-bond acceptors (Lipinski definition) is 4. The van der Waals surface area contributed by atoms with Crippen LogP contribution in [0.2, 0.25) is 0 Å². The van der Waals surface area contributed by atoms with E-state index in [-0.39, 0.29) is 0 Å². The predicted molar refractivity (Wildman–Crippen MR) is 102 cm³/mol. The summed E-state index contributed by atoms with van der Waals surface area (Å²) < 4.78 is 39.2.